The van der Waals surface area contributed by atoms with E-state index in [1.807, 2.05) is 30.5 Å². The molecule has 2 aromatic rings. The Morgan fingerprint density at radius 3 is 3.00 bits per heavy atom. The van der Waals surface area contributed by atoms with Crippen LogP contribution in [0.5, 0.6) is 5.75 Å². The molecule has 3 heteroatoms. The third-order valence-electron chi connectivity index (χ3n) is 1.68. The average molecular weight is 148 g/mol. The van der Waals surface area contributed by atoms with Gasteiger partial charge in [-0.15, -0.1) is 0 Å². The zero-order chi connectivity index (χ0) is 7.68. The first kappa shape index (κ1) is 6.24. The average Bonchev–Trinajstić information content (AvgIpc) is 2.50. The maximum Gasteiger partial charge on any atom is 0.156 e. The van der Waals surface area contributed by atoms with Gasteiger partial charge in [-0.2, -0.15) is 5.90 Å². The lowest BCUT2D eigenvalue weighted by molar-refractivity contribution is 0.339. The van der Waals surface area contributed by atoms with Gasteiger partial charge >= 0.3 is 0 Å². The largest absolute Gasteiger partial charge is 0.411 e. The minimum Gasteiger partial charge on any atom is -0.411 e. The first-order chi connectivity index (χ1) is 5.42. The van der Waals surface area contributed by atoms with Gasteiger partial charge in [-0.05, 0) is 18.2 Å². The van der Waals surface area contributed by atoms with E-state index in [-0.39, 0.29) is 0 Å². The maximum absolute atomic E-state index is 5.06. The van der Waals surface area contributed by atoms with E-state index in [0.29, 0.717) is 5.75 Å². The molecule has 0 bridgehead atoms. The Morgan fingerprint density at radius 2 is 2.18 bits per heavy atom. The van der Waals surface area contributed by atoms with Crippen LogP contribution in [0.2, 0.25) is 0 Å². The Hall–Kier alpha value is -1.48. The third-order valence-corrected chi connectivity index (χ3v) is 1.68. The Kier molecular flexibility index (Phi) is 1.30. The molecule has 0 fully saturated rings. The topological polar surface area (TPSA) is 51.0 Å². The second-order valence-corrected chi connectivity index (χ2v) is 2.31. The fourth-order valence-electron chi connectivity index (χ4n) is 1.16. The van der Waals surface area contributed by atoms with Crippen LogP contribution in [0.25, 0.3) is 10.9 Å². The van der Waals surface area contributed by atoms with Crippen molar-refractivity contribution in [2.75, 3.05) is 0 Å². The number of fused-ring (bicyclic) bond motifs is 1. The molecular weight excluding hydrogens is 140 g/mol. The normalized spacial score (nSPS) is 10.3. The van der Waals surface area contributed by atoms with Gasteiger partial charge in [0, 0.05) is 17.1 Å². The first-order valence-corrected chi connectivity index (χ1v) is 3.34. The van der Waals surface area contributed by atoms with Crippen LogP contribution in [-0.4, -0.2) is 4.98 Å². The van der Waals surface area contributed by atoms with E-state index < -0.39 is 0 Å². The lowest BCUT2D eigenvalue weighted by atomic mass is 10.2. The van der Waals surface area contributed by atoms with Crippen LogP contribution in [-0.2, 0) is 0 Å². The highest BCUT2D eigenvalue weighted by Gasteiger charge is 1.99. The van der Waals surface area contributed by atoms with Crippen LogP contribution in [0.15, 0.2) is 30.5 Å². The van der Waals surface area contributed by atoms with Crippen molar-refractivity contribution in [1.82, 2.24) is 4.98 Å². The van der Waals surface area contributed by atoms with Crippen molar-refractivity contribution < 1.29 is 4.84 Å². The molecular formula is C8H8N2O. The molecule has 11 heavy (non-hydrogen) atoms. The molecule has 1 aromatic heterocycles. The molecule has 2 rings (SSSR count). The van der Waals surface area contributed by atoms with Crippen LogP contribution >= 0.6 is 0 Å². The van der Waals surface area contributed by atoms with E-state index in [9.17, 15) is 0 Å². The Balaban J connectivity index is 2.79. The van der Waals surface area contributed by atoms with Crippen LogP contribution in [0.3, 0.4) is 0 Å². The number of aromatic amines is 1. The van der Waals surface area contributed by atoms with Crippen LogP contribution in [0, 0.1) is 0 Å². The summed E-state index contributed by atoms with van der Waals surface area (Å²) in [5, 5.41) is 1.01. The molecule has 3 N–H and O–H groups in total. The molecule has 0 spiro atoms. The second kappa shape index (κ2) is 2.29. The monoisotopic (exact) mass is 148 g/mol. The van der Waals surface area contributed by atoms with Crippen molar-refractivity contribution in [3.8, 4) is 5.75 Å². The fourth-order valence-corrected chi connectivity index (χ4v) is 1.16. The molecule has 1 aromatic carbocycles. The molecule has 56 valence electrons. The van der Waals surface area contributed by atoms with Crippen LogP contribution < -0.4 is 10.7 Å². The molecule has 0 amide bonds. The van der Waals surface area contributed by atoms with Gasteiger partial charge in [-0.25, -0.2) is 0 Å². The third kappa shape index (κ3) is 0.860. The molecule has 1 heterocycles. The molecule has 0 atom stereocenters. The van der Waals surface area contributed by atoms with Gasteiger partial charge in [0.05, 0.1) is 0 Å². The highest BCUT2D eigenvalue weighted by Crippen LogP contribution is 2.22. The Morgan fingerprint density at radius 1 is 1.27 bits per heavy atom. The summed E-state index contributed by atoms with van der Waals surface area (Å²) < 4.78 is 0. The lowest BCUT2D eigenvalue weighted by Crippen LogP contribution is -2.01. The number of hydrogen-bond acceptors (Lipinski definition) is 2. The molecule has 0 unspecified atom stereocenters. The summed E-state index contributed by atoms with van der Waals surface area (Å²) in [6.45, 7) is 0. The van der Waals surface area contributed by atoms with E-state index in [2.05, 4.69) is 9.82 Å². The maximum atomic E-state index is 5.06. The molecule has 3 nitrogen and oxygen atoms in total. The van der Waals surface area contributed by atoms with Crippen LogP contribution in [0.1, 0.15) is 0 Å². The van der Waals surface area contributed by atoms with Gasteiger partial charge in [-0.3, -0.25) is 0 Å². The summed E-state index contributed by atoms with van der Waals surface area (Å²) >= 11 is 0. The second-order valence-electron chi connectivity index (χ2n) is 2.31. The predicted molar refractivity (Wildman–Crippen MR) is 43.1 cm³/mol. The van der Waals surface area contributed by atoms with Gasteiger partial charge in [0.15, 0.2) is 5.75 Å². The minimum atomic E-state index is 0.698. The van der Waals surface area contributed by atoms with Crippen LogP contribution in [0.4, 0.5) is 0 Å². The molecule has 0 aliphatic heterocycles. The number of benzene rings is 1. The number of nitrogens with one attached hydrogen (secondary N) is 1. The molecule has 0 saturated carbocycles. The molecule has 0 radical (unpaired) electrons. The minimum absolute atomic E-state index is 0.698. The molecule has 0 saturated heterocycles. The van der Waals surface area contributed by atoms with Crippen molar-refractivity contribution in [1.29, 1.82) is 0 Å². The predicted octanol–water partition coefficient (Wildman–Crippen LogP) is 1.42. The zero-order valence-corrected chi connectivity index (χ0v) is 5.87. The summed E-state index contributed by atoms with van der Waals surface area (Å²) in [6.07, 6.45) is 1.85. The highest BCUT2D eigenvalue weighted by atomic mass is 16.6. The summed E-state index contributed by atoms with van der Waals surface area (Å²) in [6, 6.07) is 7.62. The lowest BCUT2D eigenvalue weighted by Gasteiger charge is -1.98. The number of H-pyrrole nitrogens is 1. The van der Waals surface area contributed by atoms with Crippen molar-refractivity contribution in [3.05, 3.63) is 30.5 Å². The van der Waals surface area contributed by atoms with Gasteiger partial charge < -0.3 is 9.82 Å². The number of nitrogens with two attached hydrogens (primary N) is 1. The number of aromatic nitrogens is 1. The summed E-state index contributed by atoms with van der Waals surface area (Å²) in [4.78, 5) is 7.72. The van der Waals surface area contributed by atoms with Gasteiger partial charge in [0.25, 0.3) is 0 Å². The smallest absolute Gasteiger partial charge is 0.156 e. The summed E-state index contributed by atoms with van der Waals surface area (Å²) in [7, 11) is 0. The standard InChI is InChI=1S/C8H8N2O/c9-11-8-3-1-2-7-6(8)4-5-10-7/h1-5,10H,9H2. The van der Waals surface area contributed by atoms with Gasteiger partial charge in [0.1, 0.15) is 0 Å². The van der Waals surface area contributed by atoms with Gasteiger partial charge in [0.2, 0.25) is 0 Å². The quantitative estimate of drug-likeness (QED) is 0.601. The van der Waals surface area contributed by atoms with Crippen molar-refractivity contribution in [2.24, 2.45) is 5.90 Å². The van der Waals surface area contributed by atoms with E-state index in [1.165, 1.54) is 0 Å². The Labute approximate surface area is 63.7 Å². The zero-order valence-electron chi connectivity index (χ0n) is 5.87. The molecule has 0 aliphatic rings. The van der Waals surface area contributed by atoms with Crippen molar-refractivity contribution in [3.63, 3.8) is 0 Å². The van der Waals surface area contributed by atoms with E-state index in [0.717, 1.165) is 10.9 Å². The molecule has 0 aliphatic carbocycles. The van der Waals surface area contributed by atoms with Crippen molar-refractivity contribution >= 4 is 10.9 Å². The highest BCUT2D eigenvalue weighted by molar-refractivity contribution is 5.85. The van der Waals surface area contributed by atoms with E-state index in [1.54, 1.807) is 0 Å². The number of rotatable bonds is 1. The van der Waals surface area contributed by atoms with Crippen molar-refractivity contribution in [2.45, 2.75) is 0 Å². The number of hydrogen-bond donors (Lipinski definition) is 2. The SMILES string of the molecule is NOc1cccc2[nH]ccc12. The summed E-state index contributed by atoms with van der Waals surface area (Å²) in [5.41, 5.74) is 1.04. The van der Waals surface area contributed by atoms with E-state index in [4.69, 9.17) is 5.90 Å². The Bertz CT molecular complexity index is 367. The first-order valence-electron chi connectivity index (χ1n) is 3.34. The fraction of sp³-hybridized carbons (Fsp3) is 0. The van der Waals surface area contributed by atoms with E-state index >= 15 is 0 Å². The van der Waals surface area contributed by atoms with Gasteiger partial charge in [-0.1, -0.05) is 6.07 Å². The summed E-state index contributed by atoms with van der Waals surface area (Å²) in [5.74, 6) is 5.76.